The van der Waals surface area contributed by atoms with Crippen LogP contribution in [0.5, 0.6) is 5.88 Å². The molecule has 4 aromatic rings. The van der Waals surface area contributed by atoms with Gasteiger partial charge < -0.3 is 19.0 Å². The number of hydrogen-bond donors (Lipinski definition) is 1. The van der Waals surface area contributed by atoms with E-state index in [4.69, 9.17) is 14.1 Å². The highest BCUT2D eigenvalue weighted by atomic mass is 32.2. The first kappa shape index (κ1) is 24.0. The first-order valence-corrected chi connectivity index (χ1v) is 13.1. The molecule has 2 aromatic heterocycles. The number of rotatable bonds is 6. The molecule has 2 amide bonds. The van der Waals surface area contributed by atoms with Gasteiger partial charge in [-0.05, 0) is 42.0 Å². The lowest BCUT2D eigenvalue weighted by atomic mass is 10.2. The van der Waals surface area contributed by atoms with Crippen molar-refractivity contribution in [2.75, 3.05) is 36.0 Å². The highest BCUT2D eigenvalue weighted by Gasteiger charge is 2.26. The zero-order valence-corrected chi connectivity index (χ0v) is 21.2. The van der Waals surface area contributed by atoms with Crippen molar-refractivity contribution < 1.29 is 18.7 Å². The van der Waals surface area contributed by atoms with Gasteiger partial charge in [-0.2, -0.15) is 9.97 Å². The average molecular weight is 529 g/mol. The van der Waals surface area contributed by atoms with Crippen molar-refractivity contribution in [1.82, 2.24) is 20.3 Å². The predicted molar refractivity (Wildman–Crippen MR) is 145 cm³/mol. The first-order valence-electron chi connectivity index (χ1n) is 12.3. The number of hydrogen-bond acceptors (Lipinski definition) is 10. The summed E-state index contributed by atoms with van der Waals surface area (Å²) in [6, 6.07) is 19.8. The van der Waals surface area contributed by atoms with Crippen molar-refractivity contribution >= 4 is 52.0 Å². The lowest BCUT2D eigenvalue weighted by molar-refractivity contribution is -0.115. The van der Waals surface area contributed by atoms with Gasteiger partial charge in [-0.1, -0.05) is 42.5 Å². The lowest BCUT2D eigenvalue weighted by Crippen LogP contribution is -2.32. The number of imide groups is 1. The smallest absolute Gasteiger partial charge is 0.298 e. The summed E-state index contributed by atoms with van der Waals surface area (Å²) in [6.45, 7) is 3.16. The summed E-state index contributed by atoms with van der Waals surface area (Å²) >= 11 is 0.852. The summed E-state index contributed by atoms with van der Waals surface area (Å²) in [7, 11) is 0. The largest absolute Gasteiger partial charge is 0.473 e. The van der Waals surface area contributed by atoms with Crippen molar-refractivity contribution in [3.8, 4) is 5.88 Å². The molecule has 192 valence electrons. The number of nitrogens with zero attached hydrogens (tertiary/aromatic N) is 5. The Morgan fingerprint density at radius 1 is 0.947 bits per heavy atom. The Hall–Kier alpha value is -4.38. The summed E-state index contributed by atoms with van der Waals surface area (Å²) < 4.78 is 12.0. The summed E-state index contributed by atoms with van der Waals surface area (Å²) in [4.78, 5) is 42.3. The highest BCUT2D eigenvalue weighted by Crippen LogP contribution is 2.28. The Bertz CT molecular complexity index is 1490. The number of thioether (sulfide) groups is 1. The highest BCUT2D eigenvalue weighted by molar-refractivity contribution is 8.18. The molecule has 0 spiro atoms. The lowest BCUT2D eigenvalue weighted by Gasteiger charge is -2.22. The minimum Gasteiger partial charge on any atom is -0.473 e. The van der Waals surface area contributed by atoms with Crippen molar-refractivity contribution in [3.05, 3.63) is 76.8 Å². The van der Waals surface area contributed by atoms with E-state index in [1.807, 2.05) is 54.6 Å². The molecule has 2 aliphatic heterocycles. The topological polar surface area (TPSA) is 114 Å². The van der Waals surface area contributed by atoms with Gasteiger partial charge in [-0.25, -0.2) is 4.98 Å². The van der Waals surface area contributed by atoms with Gasteiger partial charge >= 0.3 is 0 Å². The maximum absolute atomic E-state index is 12.1. The number of carbonyl (C=O) groups excluding carboxylic acids is 2. The number of aromatic nitrogens is 3. The maximum Gasteiger partial charge on any atom is 0.298 e. The molecule has 11 heteroatoms. The summed E-state index contributed by atoms with van der Waals surface area (Å²) in [5.41, 5.74) is 3.10. The number of fused-ring (bicyclic) bond motifs is 1. The van der Waals surface area contributed by atoms with Crippen LogP contribution in [0.2, 0.25) is 0 Å². The molecule has 0 unspecified atom stereocenters. The van der Waals surface area contributed by atoms with Crippen LogP contribution in [-0.4, -0.2) is 52.3 Å². The second kappa shape index (κ2) is 10.5. The number of ether oxygens (including phenoxy) is 1. The third kappa shape index (κ3) is 5.32. The fraction of sp³-hybridized carbons (Fsp3) is 0.222. The average Bonchev–Trinajstić information content (AvgIpc) is 3.39. The SMILES string of the molecule is O=C1NC(=O)C(=Cc2cc(OCc3ccccc3)nc(N3CCCN(c4nc5ccccc5o4)CC3)n2)S1. The molecule has 2 fully saturated rings. The Kier molecular flexibility index (Phi) is 6.65. The van der Waals surface area contributed by atoms with E-state index in [0.29, 0.717) is 43.2 Å². The molecule has 0 saturated carbocycles. The molecule has 2 aromatic carbocycles. The Balaban J connectivity index is 1.25. The number of oxazole rings is 1. The second-order valence-corrected chi connectivity index (χ2v) is 9.86. The molecule has 0 bridgehead atoms. The van der Waals surface area contributed by atoms with E-state index in [2.05, 4.69) is 25.1 Å². The summed E-state index contributed by atoms with van der Waals surface area (Å²) in [5.74, 6) is 0.452. The zero-order valence-electron chi connectivity index (χ0n) is 20.4. The van der Waals surface area contributed by atoms with Gasteiger partial charge in [-0.3, -0.25) is 14.9 Å². The summed E-state index contributed by atoms with van der Waals surface area (Å²) in [6.07, 6.45) is 2.44. The van der Waals surface area contributed by atoms with E-state index >= 15 is 0 Å². The van der Waals surface area contributed by atoms with Crippen molar-refractivity contribution in [3.63, 3.8) is 0 Å². The van der Waals surface area contributed by atoms with Crippen LogP contribution in [0.1, 0.15) is 17.7 Å². The van der Waals surface area contributed by atoms with E-state index in [0.717, 1.165) is 47.9 Å². The molecular weight excluding hydrogens is 504 g/mol. The molecule has 6 rings (SSSR count). The van der Waals surface area contributed by atoms with Crippen LogP contribution in [0, 0.1) is 0 Å². The van der Waals surface area contributed by atoms with Gasteiger partial charge in [0.15, 0.2) is 5.58 Å². The van der Waals surface area contributed by atoms with Crippen LogP contribution in [0.3, 0.4) is 0 Å². The molecular formula is C27H24N6O4S. The van der Waals surface area contributed by atoms with Crippen LogP contribution >= 0.6 is 11.8 Å². The minimum absolute atomic E-state index is 0.284. The number of para-hydroxylation sites is 2. The molecule has 10 nitrogen and oxygen atoms in total. The maximum atomic E-state index is 12.1. The van der Waals surface area contributed by atoms with Gasteiger partial charge in [-0.15, -0.1) is 0 Å². The molecule has 0 radical (unpaired) electrons. The van der Waals surface area contributed by atoms with Crippen LogP contribution in [0.15, 0.2) is 70.0 Å². The third-order valence-electron chi connectivity index (χ3n) is 6.19. The molecule has 2 saturated heterocycles. The first-order chi connectivity index (χ1) is 18.6. The number of nitrogens with one attached hydrogen (secondary N) is 1. The van der Waals surface area contributed by atoms with E-state index < -0.39 is 11.1 Å². The standard InChI is InChI=1S/C27H24N6O4S/c34-24-22(38-27(35)31-24)15-19-16-23(36-17-18-7-2-1-3-8-18)30-25(28-19)32-11-6-12-33(14-13-32)26-29-20-9-4-5-10-21(20)37-26/h1-5,7-10,15-16H,6,11-14,17H2,(H,31,34,35). The van der Waals surface area contributed by atoms with Crippen LogP contribution in [-0.2, 0) is 11.4 Å². The van der Waals surface area contributed by atoms with E-state index in [9.17, 15) is 9.59 Å². The van der Waals surface area contributed by atoms with Gasteiger partial charge in [0.2, 0.25) is 11.8 Å². The molecule has 38 heavy (non-hydrogen) atoms. The molecule has 0 atom stereocenters. The van der Waals surface area contributed by atoms with Gasteiger partial charge in [0.25, 0.3) is 17.2 Å². The predicted octanol–water partition coefficient (Wildman–Crippen LogP) is 4.24. The van der Waals surface area contributed by atoms with E-state index in [1.165, 1.54) is 0 Å². The van der Waals surface area contributed by atoms with Gasteiger partial charge in [0, 0.05) is 32.2 Å². The van der Waals surface area contributed by atoms with E-state index in [-0.39, 0.29) is 4.91 Å². The Morgan fingerprint density at radius 2 is 1.74 bits per heavy atom. The third-order valence-corrected chi connectivity index (χ3v) is 7.00. The molecule has 0 aliphatic carbocycles. The zero-order chi connectivity index (χ0) is 25.9. The van der Waals surface area contributed by atoms with Crippen molar-refractivity contribution in [2.24, 2.45) is 0 Å². The Morgan fingerprint density at radius 3 is 2.55 bits per heavy atom. The van der Waals surface area contributed by atoms with Crippen LogP contribution < -0.4 is 19.9 Å². The normalized spacial score (nSPS) is 17.2. The monoisotopic (exact) mass is 528 g/mol. The van der Waals surface area contributed by atoms with Crippen LogP contribution in [0.4, 0.5) is 16.8 Å². The van der Waals surface area contributed by atoms with Crippen molar-refractivity contribution in [2.45, 2.75) is 13.0 Å². The Labute approximate surface area is 222 Å². The molecule has 2 aliphatic rings. The van der Waals surface area contributed by atoms with Crippen LogP contribution in [0.25, 0.3) is 17.2 Å². The second-order valence-electron chi connectivity index (χ2n) is 8.85. The van der Waals surface area contributed by atoms with Gasteiger partial charge in [0.1, 0.15) is 12.1 Å². The number of anilines is 2. The number of amides is 2. The fourth-order valence-corrected chi connectivity index (χ4v) is 4.98. The minimum atomic E-state index is -0.435. The number of carbonyl (C=O) groups is 2. The van der Waals surface area contributed by atoms with Gasteiger partial charge in [0.05, 0.1) is 10.6 Å². The van der Waals surface area contributed by atoms with E-state index in [1.54, 1.807) is 12.1 Å². The van der Waals surface area contributed by atoms with Crippen molar-refractivity contribution in [1.29, 1.82) is 0 Å². The number of benzene rings is 2. The fourth-order valence-electron chi connectivity index (χ4n) is 4.31. The quantitative estimate of drug-likeness (QED) is 0.365. The molecule has 1 N–H and O–H groups in total. The molecule has 4 heterocycles. The summed E-state index contributed by atoms with van der Waals surface area (Å²) in [5, 5.41) is 1.88.